The molecule has 5 rings (SSSR count). The third-order valence-corrected chi connectivity index (χ3v) is 5.98. The second kappa shape index (κ2) is 10.9. The van der Waals surface area contributed by atoms with Crippen LogP contribution in [0.25, 0.3) is 0 Å². The minimum absolute atomic E-state index is 0.0399. The molecule has 1 saturated carbocycles. The predicted molar refractivity (Wildman–Crippen MR) is 141 cm³/mol. The maximum Gasteiger partial charge on any atom is 0.323 e. The third kappa shape index (κ3) is 5.98. The number of hydrogen-bond donors (Lipinski definition) is 3. The van der Waals surface area contributed by atoms with E-state index in [1.165, 1.54) is 0 Å². The number of anilines is 2. The molecule has 1 fully saturated rings. The smallest absolute Gasteiger partial charge is 0.323 e. The van der Waals surface area contributed by atoms with Crippen LogP contribution in [-0.4, -0.2) is 24.1 Å². The van der Waals surface area contributed by atoms with E-state index in [0.717, 1.165) is 17.5 Å². The topological polar surface area (TPSA) is 79.5 Å². The SMILES string of the molecule is O=C(Nc1ccccc1)Nc1cccc(C(OC2CC2NC(=O)c2ccccc2)c2ccccc2)c1. The lowest BCUT2D eigenvalue weighted by molar-refractivity contribution is 0.0588. The molecule has 3 unspecified atom stereocenters. The van der Waals surface area contributed by atoms with E-state index in [0.29, 0.717) is 16.9 Å². The van der Waals surface area contributed by atoms with E-state index in [-0.39, 0.29) is 30.2 Å². The zero-order valence-electron chi connectivity index (χ0n) is 19.6. The highest BCUT2D eigenvalue weighted by Gasteiger charge is 2.41. The summed E-state index contributed by atoms with van der Waals surface area (Å²) in [6, 6.07) is 35.7. The molecule has 0 spiro atoms. The van der Waals surface area contributed by atoms with Gasteiger partial charge in [0.15, 0.2) is 0 Å². The molecule has 4 aromatic carbocycles. The first kappa shape index (κ1) is 23.3. The van der Waals surface area contributed by atoms with Crippen molar-refractivity contribution in [1.82, 2.24) is 5.32 Å². The number of urea groups is 1. The Hall–Kier alpha value is -4.42. The summed E-state index contributed by atoms with van der Waals surface area (Å²) < 4.78 is 6.50. The van der Waals surface area contributed by atoms with Crippen molar-refractivity contribution in [1.29, 1.82) is 0 Å². The first-order valence-corrected chi connectivity index (χ1v) is 11.9. The molecule has 0 aromatic heterocycles. The van der Waals surface area contributed by atoms with Crippen molar-refractivity contribution in [3.8, 4) is 0 Å². The molecule has 3 atom stereocenters. The second-order valence-corrected chi connectivity index (χ2v) is 8.72. The minimum atomic E-state index is -0.339. The summed E-state index contributed by atoms with van der Waals surface area (Å²) >= 11 is 0. The van der Waals surface area contributed by atoms with Crippen LogP contribution < -0.4 is 16.0 Å². The number of carbonyl (C=O) groups is 2. The Balaban J connectivity index is 1.28. The Kier molecular flexibility index (Phi) is 7.05. The highest BCUT2D eigenvalue weighted by atomic mass is 16.5. The van der Waals surface area contributed by atoms with Crippen LogP contribution in [0.1, 0.15) is 34.0 Å². The molecule has 0 saturated heterocycles. The van der Waals surface area contributed by atoms with Crippen LogP contribution in [0.3, 0.4) is 0 Å². The van der Waals surface area contributed by atoms with Gasteiger partial charge in [0, 0.05) is 16.9 Å². The molecule has 6 nitrogen and oxygen atoms in total. The van der Waals surface area contributed by atoms with E-state index >= 15 is 0 Å². The van der Waals surface area contributed by atoms with Crippen LogP contribution in [0.5, 0.6) is 0 Å². The first-order valence-electron chi connectivity index (χ1n) is 11.9. The number of para-hydroxylation sites is 1. The summed E-state index contributed by atoms with van der Waals surface area (Å²) in [7, 11) is 0. The first-order chi connectivity index (χ1) is 17.7. The summed E-state index contributed by atoms with van der Waals surface area (Å²) in [5.74, 6) is -0.0985. The molecule has 0 heterocycles. The van der Waals surface area contributed by atoms with E-state index in [1.54, 1.807) is 12.1 Å². The highest BCUT2D eigenvalue weighted by molar-refractivity contribution is 5.99. The average Bonchev–Trinajstić information content (AvgIpc) is 3.66. The van der Waals surface area contributed by atoms with E-state index < -0.39 is 0 Å². The van der Waals surface area contributed by atoms with Crippen LogP contribution in [0.2, 0.25) is 0 Å². The lowest BCUT2D eigenvalue weighted by Gasteiger charge is -2.20. The van der Waals surface area contributed by atoms with Crippen LogP contribution >= 0.6 is 0 Å². The van der Waals surface area contributed by atoms with Crippen molar-refractivity contribution in [2.45, 2.75) is 24.7 Å². The molecule has 6 heteroatoms. The summed E-state index contributed by atoms with van der Waals surface area (Å²) in [6.45, 7) is 0. The van der Waals surface area contributed by atoms with Crippen molar-refractivity contribution < 1.29 is 14.3 Å². The van der Waals surface area contributed by atoms with Crippen molar-refractivity contribution >= 4 is 23.3 Å². The maximum absolute atomic E-state index is 12.5. The normalized spacial score (nSPS) is 17.0. The van der Waals surface area contributed by atoms with Gasteiger partial charge in [-0.15, -0.1) is 0 Å². The van der Waals surface area contributed by atoms with Crippen molar-refractivity contribution in [2.75, 3.05) is 10.6 Å². The number of hydrogen-bond acceptors (Lipinski definition) is 3. The molecule has 0 bridgehead atoms. The van der Waals surface area contributed by atoms with Crippen molar-refractivity contribution in [3.63, 3.8) is 0 Å². The molecule has 180 valence electrons. The quantitative estimate of drug-likeness (QED) is 0.291. The molecule has 3 amide bonds. The van der Waals surface area contributed by atoms with Gasteiger partial charge in [0.25, 0.3) is 5.91 Å². The van der Waals surface area contributed by atoms with Gasteiger partial charge in [-0.25, -0.2) is 4.79 Å². The number of rotatable bonds is 8. The molecular formula is C30H27N3O3. The van der Waals surface area contributed by atoms with Gasteiger partial charge >= 0.3 is 6.03 Å². The average molecular weight is 478 g/mol. The lowest BCUT2D eigenvalue weighted by Crippen LogP contribution is -2.28. The fourth-order valence-corrected chi connectivity index (χ4v) is 4.06. The van der Waals surface area contributed by atoms with E-state index in [2.05, 4.69) is 16.0 Å². The van der Waals surface area contributed by atoms with Crippen LogP contribution in [0.4, 0.5) is 16.2 Å². The zero-order chi connectivity index (χ0) is 24.7. The number of amides is 3. The molecule has 0 radical (unpaired) electrons. The molecular weight excluding hydrogens is 450 g/mol. The second-order valence-electron chi connectivity index (χ2n) is 8.72. The van der Waals surface area contributed by atoms with Gasteiger partial charge < -0.3 is 20.7 Å². The van der Waals surface area contributed by atoms with Crippen molar-refractivity contribution in [2.24, 2.45) is 0 Å². The Morgan fingerprint density at radius 1 is 0.694 bits per heavy atom. The number of nitrogens with one attached hydrogen (secondary N) is 3. The molecule has 1 aliphatic rings. The van der Waals surface area contributed by atoms with Gasteiger partial charge in [-0.2, -0.15) is 0 Å². The van der Waals surface area contributed by atoms with Gasteiger partial charge in [-0.05, 0) is 53.9 Å². The number of benzene rings is 4. The standard InChI is InChI=1S/C30H27N3O3/c34-29(22-13-6-2-7-14-22)33-26-20-27(26)36-28(21-11-4-1-5-12-21)23-15-10-18-25(19-23)32-30(35)31-24-16-8-3-9-17-24/h1-19,26-28H,20H2,(H,33,34)(H2,31,32,35). The third-order valence-electron chi connectivity index (χ3n) is 5.98. The van der Waals surface area contributed by atoms with Gasteiger partial charge in [-0.1, -0.05) is 78.9 Å². The predicted octanol–water partition coefficient (Wildman–Crippen LogP) is 6.01. The monoisotopic (exact) mass is 477 g/mol. The van der Waals surface area contributed by atoms with Crippen molar-refractivity contribution in [3.05, 3.63) is 132 Å². The van der Waals surface area contributed by atoms with E-state index in [4.69, 9.17) is 4.74 Å². The molecule has 4 aromatic rings. The Morgan fingerprint density at radius 2 is 1.28 bits per heavy atom. The lowest BCUT2D eigenvalue weighted by atomic mass is 10.0. The van der Waals surface area contributed by atoms with Crippen LogP contribution in [-0.2, 0) is 4.74 Å². The van der Waals surface area contributed by atoms with Gasteiger partial charge in [0.2, 0.25) is 0 Å². The minimum Gasteiger partial charge on any atom is -0.363 e. The summed E-state index contributed by atoms with van der Waals surface area (Å²) in [6.07, 6.45) is 0.314. The summed E-state index contributed by atoms with van der Waals surface area (Å²) in [5.41, 5.74) is 3.93. The Morgan fingerprint density at radius 3 is 2.00 bits per heavy atom. The number of ether oxygens (including phenoxy) is 1. The molecule has 3 N–H and O–H groups in total. The van der Waals surface area contributed by atoms with E-state index in [1.807, 2.05) is 103 Å². The van der Waals surface area contributed by atoms with Crippen LogP contribution in [0.15, 0.2) is 115 Å². The zero-order valence-corrected chi connectivity index (χ0v) is 19.6. The fourth-order valence-electron chi connectivity index (χ4n) is 4.06. The molecule has 1 aliphatic carbocycles. The maximum atomic E-state index is 12.5. The Labute approximate surface area is 210 Å². The summed E-state index contributed by atoms with van der Waals surface area (Å²) in [4.78, 5) is 25.0. The fraction of sp³-hybridized carbons (Fsp3) is 0.133. The molecule has 36 heavy (non-hydrogen) atoms. The number of carbonyl (C=O) groups excluding carboxylic acids is 2. The van der Waals surface area contributed by atoms with Gasteiger partial charge in [-0.3, -0.25) is 4.79 Å². The van der Waals surface area contributed by atoms with Gasteiger partial charge in [0.05, 0.1) is 12.1 Å². The largest absolute Gasteiger partial charge is 0.363 e. The Bertz CT molecular complexity index is 1310. The van der Waals surface area contributed by atoms with E-state index in [9.17, 15) is 9.59 Å². The van der Waals surface area contributed by atoms with Crippen LogP contribution in [0, 0.1) is 0 Å². The van der Waals surface area contributed by atoms with Gasteiger partial charge in [0.1, 0.15) is 6.10 Å². The highest BCUT2D eigenvalue weighted by Crippen LogP contribution is 2.36. The summed E-state index contributed by atoms with van der Waals surface area (Å²) in [5, 5.41) is 8.79. The molecule has 0 aliphatic heterocycles.